The van der Waals surface area contributed by atoms with Crippen molar-refractivity contribution in [2.24, 2.45) is 0 Å². The van der Waals surface area contributed by atoms with Crippen molar-refractivity contribution in [1.82, 2.24) is 9.55 Å². The van der Waals surface area contributed by atoms with Gasteiger partial charge in [-0.25, -0.2) is 9.78 Å². The Morgan fingerprint density at radius 3 is 2.64 bits per heavy atom. The van der Waals surface area contributed by atoms with Crippen LogP contribution in [-0.2, 0) is 4.74 Å². The third-order valence-electron chi connectivity index (χ3n) is 3.65. The van der Waals surface area contributed by atoms with E-state index >= 15 is 0 Å². The van der Waals surface area contributed by atoms with Crippen molar-refractivity contribution in [3.8, 4) is 11.4 Å². The number of methoxy groups -OCH3 is 2. The molecule has 7 heteroatoms. The van der Waals surface area contributed by atoms with Crippen LogP contribution in [0.2, 0.25) is 0 Å². The molecule has 0 aliphatic heterocycles. The van der Waals surface area contributed by atoms with Crippen molar-refractivity contribution in [1.29, 1.82) is 0 Å². The second-order valence-electron chi connectivity index (χ2n) is 5.23. The third kappa shape index (κ3) is 3.71. The standard InChI is InChI=1S/C18H18N2O4S/c1-12(15-8-9-16(24-15)17(21)23-3)25-18-19-10-11-20(18)13-4-6-14(22-2)7-5-13/h4-12H,1-3H3. The highest BCUT2D eigenvalue weighted by molar-refractivity contribution is 7.99. The minimum Gasteiger partial charge on any atom is -0.497 e. The van der Waals surface area contributed by atoms with E-state index in [4.69, 9.17) is 9.15 Å². The zero-order chi connectivity index (χ0) is 17.8. The average molecular weight is 358 g/mol. The van der Waals surface area contributed by atoms with Gasteiger partial charge in [0.15, 0.2) is 5.16 Å². The Morgan fingerprint density at radius 1 is 1.20 bits per heavy atom. The van der Waals surface area contributed by atoms with Gasteiger partial charge in [0, 0.05) is 18.1 Å². The molecule has 0 spiro atoms. The van der Waals surface area contributed by atoms with E-state index < -0.39 is 5.97 Å². The number of aromatic nitrogens is 2. The van der Waals surface area contributed by atoms with Crippen LogP contribution in [0.25, 0.3) is 5.69 Å². The molecule has 0 amide bonds. The van der Waals surface area contributed by atoms with Gasteiger partial charge in [0.25, 0.3) is 0 Å². The van der Waals surface area contributed by atoms with E-state index in [2.05, 4.69) is 9.72 Å². The summed E-state index contributed by atoms with van der Waals surface area (Å²) in [5.41, 5.74) is 0.989. The number of rotatable bonds is 6. The number of imidazole rings is 1. The van der Waals surface area contributed by atoms with Crippen LogP contribution in [0.3, 0.4) is 0 Å². The molecule has 2 heterocycles. The Bertz CT molecular complexity index is 854. The van der Waals surface area contributed by atoms with Crippen LogP contribution in [0.1, 0.15) is 28.5 Å². The number of hydrogen-bond donors (Lipinski definition) is 0. The van der Waals surface area contributed by atoms with Gasteiger partial charge in [0.05, 0.1) is 19.5 Å². The first-order valence-electron chi connectivity index (χ1n) is 7.65. The number of ether oxygens (including phenoxy) is 2. The Hall–Kier alpha value is -2.67. The lowest BCUT2D eigenvalue weighted by molar-refractivity contribution is 0.0563. The van der Waals surface area contributed by atoms with Crippen LogP contribution in [0.5, 0.6) is 5.75 Å². The normalized spacial score (nSPS) is 12.0. The molecule has 0 aliphatic rings. The third-order valence-corrected chi connectivity index (χ3v) is 4.75. The largest absolute Gasteiger partial charge is 0.497 e. The zero-order valence-electron chi connectivity index (χ0n) is 14.1. The molecule has 0 radical (unpaired) electrons. The van der Waals surface area contributed by atoms with Gasteiger partial charge in [-0.05, 0) is 43.3 Å². The lowest BCUT2D eigenvalue weighted by Crippen LogP contribution is -1.99. The van der Waals surface area contributed by atoms with Crippen LogP contribution in [0, 0.1) is 0 Å². The summed E-state index contributed by atoms with van der Waals surface area (Å²) in [4.78, 5) is 15.9. The minimum absolute atomic E-state index is 0.0159. The van der Waals surface area contributed by atoms with Gasteiger partial charge in [-0.1, -0.05) is 11.8 Å². The second kappa shape index (κ2) is 7.48. The quantitative estimate of drug-likeness (QED) is 0.488. The molecular weight excluding hydrogens is 340 g/mol. The lowest BCUT2D eigenvalue weighted by Gasteiger charge is -2.11. The number of furan rings is 1. The molecule has 3 aromatic rings. The fourth-order valence-electron chi connectivity index (χ4n) is 2.31. The number of carbonyl (C=O) groups is 1. The summed E-state index contributed by atoms with van der Waals surface area (Å²) in [5, 5.41) is 0.812. The number of hydrogen-bond acceptors (Lipinski definition) is 6. The summed E-state index contributed by atoms with van der Waals surface area (Å²) in [6.07, 6.45) is 3.65. The molecule has 3 rings (SSSR count). The van der Waals surface area contributed by atoms with E-state index in [1.165, 1.54) is 7.11 Å². The van der Waals surface area contributed by atoms with Gasteiger partial charge in [-0.15, -0.1) is 0 Å². The maximum Gasteiger partial charge on any atom is 0.373 e. The van der Waals surface area contributed by atoms with E-state index in [1.54, 1.807) is 37.2 Å². The zero-order valence-corrected chi connectivity index (χ0v) is 14.9. The van der Waals surface area contributed by atoms with E-state index in [9.17, 15) is 4.79 Å². The topological polar surface area (TPSA) is 66.5 Å². The van der Waals surface area contributed by atoms with E-state index in [1.807, 2.05) is 42.0 Å². The molecule has 0 saturated heterocycles. The van der Waals surface area contributed by atoms with Gasteiger partial charge >= 0.3 is 5.97 Å². The highest BCUT2D eigenvalue weighted by Gasteiger charge is 2.18. The first-order valence-corrected chi connectivity index (χ1v) is 8.53. The molecule has 1 atom stereocenters. The van der Waals surface area contributed by atoms with Crippen LogP contribution >= 0.6 is 11.8 Å². The highest BCUT2D eigenvalue weighted by atomic mass is 32.2. The molecule has 0 aliphatic carbocycles. The Labute approximate surface area is 149 Å². The van der Waals surface area contributed by atoms with Gasteiger partial charge < -0.3 is 13.9 Å². The van der Waals surface area contributed by atoms with Crippen molar-refractivity contribution in [3.63, 3.8) is 0 Å². The van der Waals surface area contributed by atoms with Gasteiger partial charge in [-0.2, -0.15) is 0 Å². The van der Waals surface area contributed by atoms with Gasteiger partial charge in [0.1, 0.15) is 11.5 Å². The Balaban J connectivity index is 1.78. The summed E-state index contributed by atoms with van der Waals surface area (Å²) in [5.74, 6) is 1.21. The maximum absolute atomic E-state index is 11.5. The van der Waals surface area contributed by atoms with Crippen LogP contribution in [-0.4, -0.2) is 29.7 Å². The number of esters is 1. The van der Waals surface area contributed by atoms with Crippen molar-refractivity contribution < 1.29 is 18.7 Å². The second-order valence-corrected chi connectivity index (χ2v) is 6.54. The molecule has 1 aromatic carbocycles. The van der Waals surface area contributed by atoms with Gasteiger partial charge in [0.2, 0.25) is 5.76 Å². The molecule has 0 fully saturated rings. The smallest absolute Gasteiger partial charge is 0.373 e. The monoisotopic (exact) mass is 358 g/mol. The predicted molar refractivity (Wildman–Crippen MR) is 94.4 cm³/mol. The fourth-order valence-corrected chi connectivity index (χ4v) is 3.27. The number of carbonyl (C=O) groups excluding carboxylic acids is 1. The van der Waals surface area contributed by atoms with Crippen LogP contribution < -0.4 is 4.74 Å². The first-order chi connectivity index (χ1) is 12.1. The summed E-state index contributed by atoms with van der Waals surface area (Å²) in [7, 11) is 2.97. The SMILES string of the molecule is COC(=O)c1ccc(C(C)Sc2nccn2-c2ccc(OC)cc2)o1. The molecule has 1 unspecified atom stereocenters. The highest BCUT2D eigenvalue weighted by Crippen LogP contribution is 2.35. The molecule has 25 heavy (non-hydrogen) atoms. The molecule has 130 valence electrons. The van der Waals surface area contributed by atoms with Gasteiger partial charge in [-0.3, -0.25) is 4.57 Å². The molecule has 0 N–H and O–H groups in total. The number of nitrogens with zero attached hydrogens (tertiary/aromatic N) is 2. The average Bonchev–Trinajstić information content (AvgIpc) is 3.30. The van der Waals surface area contributed by atoms with Crippen LogP contribution in [0.4, 0.5) is 0 Å². The van der Waals surface area contributed by atoms with E-state index in [0.29, 0.717) is 5.76 Å². The molecule has 2 aromatic heterocycles. The Morgan fingerprint density at radius 2 is 1.96 bits per heavy atom. The van der Waals surface area contributed by atoms with Crippen molar-refractivity contribution in [2.45, 2.75) is 17.3 Å². The first kappa shape index (κ1) is 17.2. The maximum atomic E-state index is 11.5. The van der Waals surface area contributed by atoms with Crippen molar-refractivity contribution >= 4 is 17.7 Å². The number of thioether (sulfide) groups is 1. The van der Waals surface area contributed by atoms with E-state index in [0.717, 1.165) is 16.6 Å². The summed E-state index contributed by atoms with van der Waals surface area (Å²) in [6.45, 7) is 2.00. The van der Waals surface area contributed by atoms with Crippen molar-refractivity contribution in [2.75, 3.05) is 14.2 Å². The Kier molecular flexibility index (Phi) is 5.14. The van der Waals surface area contributed by atoms with E-state index in [-0.39, 0.29) is 11.0 Å². The van der Waals surface area contributed by atoms with Crippen LogP contribution in [0.15, 0.2) is 58.4 Å². The summed E-state index contributed by atoms with van der Waals surface area (Å²) >= 11 is 1.54. The summed E-state index contributed by atoms with van der Waals surface area (Å²) < 4.78 is 17.4. The molecule has 6 nitrogen and oxygen atoms in total. The predicted octanol–water partition coefficient (Wildman–Crippen LogP) is 4.11. The lowest BCUT2D eigenvalue weighted by atomic mass is 10.3. The number of benzene rings is 1. The summed E-state index contributed by atoms with van der Waals surface area (Å²) in [6, 6.07) is 11.2. The minimum atomic E-state index is -0.483. The molecular formula is C18H18N2O4S. The molecule has 0 saturated carbocycles. The van der Waals surface area contributed by atoms with Crippen molar-refractivity contribution in [3.05, 3.63) is 60.3 Å². The fraction of sp³-hybridized carbons (Fsp3) is 0.222. The molecule has 0 bridgehead atoms.